The van der Waals surface area contributed by atoms with Crippen molar-refractivity contribution in [1.82, 2.24) is 0 Å². The molecule has 8 bridgehead atoms. The molecule has 0 spiro atoms. The molecule has 0 aromatic rings. The van der Waals surface area contributed by atoms with E-state index in [1.54, 1.807) is 0 Å². The fourth-order valence-corrected chi connectivity index (χ4v) is 15.3. The summed E-state index contributed by atoms with van der Waals surface area (Å²) < 4.78 is 14.8. The molecule has 29 heavy (non-hydrogen) atoms. The van der Waals surface area contributed by atoms with Crippen molar-refractivity contribution in [3.05, 3.63) is 0 Å². The van der Waals surface area contributed by atoms with E-state index in [0.717, 1.165) is 38.5 Å². The van der Waals surface area contributed by atoms with Crippen LogP contribution in [0.4, 0.5) is 0 Å². The van der Waals surface area contributed by atoms with E-state index in [4.69, 9.17) is 11.2 Å². The number of carboxylic acids is 2. The normalized spacial score (nSPS) is 56.3. The minimum absolute atomic E-state index is 0.307. The Kier molecular flexibility index (Phi) is 3.59. The van der Waals surface area contributed by atoms with E-state index in [0.29, 0.717) is 62.2 Å². The van der Waals surface area contributed by atoms with Crippen molar-refractivity contribution >= 4 is 29.7 Å². The van der Waals surface area contributed by atoms with E-state index in [-0.39, 0.29) is 0 Å². The van der Waals surface area contributed by atoms with Gasteiger partial charge in [0.2, 0.25) is 0 Å². The molecule has 8 fully saturated rings. The Balaban J connectivity index is 1.45. The van der Waals surface area contributed by atoms with Gasteiger partial charge in [-0.05, 0) is 101 Å². The summed E-state index contributed by atoms with van der Waals surface area (Å²) in [6.45, 7) is -3.31. The van der Waals surface area contributed by atoms with Crippen molar-refractivity contribution in [3.63, 3.8) is 0 Å². The number of hydrogen-bond donors (Lipinski definition) is 2. The lowest BCUT2D eigenvalue weighted by atomic mass is 9.48. The first kappa shape index (κ1) is 19.2. The van der Waals surface area contributed by atoms with E-state index >= 15 is 0 Å². The lowest BCUT2D eigenvalue weighted by Gasteiger charge is -2.67. The van der Waals surface area contributed by atoms with Crippen molar-refractivity contribution in [1.29, 1.82) is 0 Å². The topological polar surface area (TPSA) is 91.7 Å². The number of carboxylic acid groups (broad SMARTS) is 2. The number of carbonyl (C=O) groups is 2. The van der Waals surface area contributed by atoms with Gasteiger partial charge in [-0.15, -0.1) is 0 Å². The van der Waals surface area contributed by atoms with Crippen LogP contribution in [0.15, 0.2) is 0 Å². The Morgan fingerprint density at radius 3 is 1.28 bits per heavy atom. The van der Waals surface area contributed by atoms with Gasteiger partial charge in [-0.2, -0.15) is 0 Å². The molecule has 7 heteroatoms. The largest absolute Gasteiger partial charge is 0.481 e. The highest BCUT2D eigenvalue weighted by molar-refractivity contribution is 7.91. The fraction of sp³-hybridized carbons (Fsp3) is 0.909. The highest BCUT2D eigenvalue weighted by Crippen LogP contribution is 2.87. The van der Waals surface area contributed by atoms with Crippen LogP contribution in [0.25, 0.3) is 0 Å². The molecule has 4 atom stereocenters. The van der Waals surface area contributed by atoms with Gasteiger partial charge in [-0.3, -0.25) is 9.59 Å². The molecule has 5 nitrogen and oxygen atoms in total. The summed E-state index contributed by atoms with van der Waals surface area (Å²) in [6.07, 6.45) is 8.95. The second-order valence-electron chi connectivity index (χ2n) is 12.1. The maximum absolute atomic E-state index is 14.8. The van der Waals surface area contributed by atoms with Gasteiger partial charge >= 0.3 is 11.9 Å². The molecule has 0 amide bonds. The van der Waals surface area contributed by atoms with Crippen LogP contribution in [0.2, 0.25) is 0 Å². The van der Waals surface area contributed by atoms with Gasteiger partial charge in [-0.25, -0.2) is 0 Å². The first-order valence-electron chi connectivity index (χ1n) is 11.3. The van der Waals surface area contributed by atoms with Gasteiger partial charge in [0.1, 0.15) is 0 Å². The monoisotopic (exact) mass is 440 g/mol. The first-order valence-corrected chi connectivity index (χ1v) is 13.9. The van der Waals surface area contributed by atoms with Crippen molar-refractivity contribution in [2.24, 2.45) is 34.5 Å². The maximum atomic E-state index is 14.8. The second kappa shape index (κ2) is 5.44. The SMILES string of the molecule is O=C(O)C12C[C@H]3C[C@H](C1)CC(P(=O)(Cl)C14C[C@@H]5C[C@H](CC(C(=O)O)(C5)C1)C4)(C3)C2. The Bertz CT molecular complexity index is 773. The molecule has 0 unspecified atom stereocenters. The summed E-state index contributed by atoms with van der Waals surface area (Å²) in [7, 11) is 0. The highest BCUT2D eigenvalue weighted by Gasteiger charge is 2.74. The standard InChI is InChI=1S/C22H30ClO5P/c23-29(28,21-7-13-1-14(8-21)4-19(3-13,11-21)17(24)25)22-9-15-2-16(10-22)6-20(5-15,12-22)18(26)27/h13-16H,1-12H2,(H,24,25)(H,26,27)/t13-,14-,15-,16-,19?,20?,21?,22?,29?/m1/s1. The third-order valence-electron chi connectivity index (χ3n) is 10.2. The smallest absolute Gasteiger partial charge is 0.309 e. The maximum Gasteiger partial charge on any atom is 0.309 e. The van der Waals surface area contributed by atoms with Crippen molar-refractivity contribution in [2.75, 3.05) is 0 Å². The van der Waals surface area contributed by atoms with E-state index < -0.39 is 39.6 Å². The number of hydrogen-bond acceptors (Lipinski definition) is 3. The Morgan fingerprint density at radius 2 is 1.00 bits per heavy atom. The van der Waals surface area contributed by atoms with Crippen LogP contribution in [0.3, 0.4) is 0 Å². The molecule has 8 rings (SSSR count). The predicted molar refractivity (Wildman–Crippen MR) is 108 cm³/mol. The average molecular weight is 441 g/mol. The van der Waals surface area contributed by atoms with Gasteiger partial charge < -0.3 is 14.8 Å². The summed E-state index contributed by atoms with van der Waals surface area (Å²) in [5, 5.41) is 19.0. The molecule has 2 N–H and O–H groups in total. The van der Waals surface area contributed by atoms with Gasteiger partial charge in [0.15, 0.2) is 6.49 Å². The van der Waals surface area contributed by atoms with E-state index in [2.05, 4.69) is 0 Å². The van der Waals surface area contributed by atoms with Gasteiger partial charge in [-0.1, -0.05) is 11.2 Å². The third-order valence-corrected chi connectivity index (χ3v) is 15.8. The molecule has 0 aliphatic heterocycles. The summed E-state index contributed by atoms with van der Waals surface area (Å²) >= 11 is 7.28. The third kappa shape index (κ3) is 2.22. The quantitative estimate of drug-likeness (QED) is 0.575. The number of aliphatic carboxylic acids is 2. The zero-order chi connectivity index (χ0) is 20.4. The van der Waals surface area contributed by atoms with E-state index in [9.17, 15) is 24.4 Å². The Hall–Kier alpha value is -0.540. The summed E-state index contributed by atoms with van der Waals surface area (Å²) in [5.74, 6) is -0.243. The van der Waals surface area contributed by atoms with Gasteiger partial charge in [0, 0.05) is 10.3 Å². The zero-order valence-corrected chi connectivity index (χ0v) is 18.4. The van der Waals surface area contributed by atoms with Crippen molar-refractivity contribution in [2.45, 2.75) is 87.4 Å². The summed E-state index contributed by atoms with van der Waals surface area (Å²) in [4.78, 5) is 24.6. The molecule has 8 saturated carbocycles. The van der Waals surface area contributed by atoms with Crippen molar-refractivity contribution < 1.29 is 24.4 Å². The first-order chi connectivity index (χ1) is 13.5. The molecule has 0 aromatic carbocycles. The van der Waals surface area contributed by atoms with Crippen LogP contribution >= 0.6 is 17.7 Å². The van der Waals surface area contributed by atoms with Crippen LogP contribution in [0.5, 0.6) is 0 Å². The predicted octanol–water partition coefficient (Wildman–Crippen LogP) is 5.35. The Morgan fingerprint density at radius 1 is 0.690 bits per heavy atom. The molecule has 0 aromatic heterocycles. The minimum Gasteiger partial charge on any atom is -0.481 e. The zero-order valence-electron chi connectivity index (χ0n) is 16.7. The Labute approximate surface area is 176 Å². The van der Waals surface area contributed by atoms with Crippen LogP contribution < -0.4 is 0 Å². The van der Waals surface area contributed by atoms with Crippen molar-refractivity contribution in [3.8, 4) is 0 Å². The van der Waals surface area contributed by atoms with E-state index in [1.165, 1.54) is 0 Å². The summed E-state index contributed by atoms with van der Waals surface area (Å²) in [5.41, 5.74) is -1.52. The fourth-order valence-electron chi connectivity index (χ4n) is 10.1. The molecule has 160 valence electrons. The molecule has 8 aliphatic carbocycles. The molecular weight excluding hydrogens is 411 g/mol. The number of halogens is 1. The minimum atomic E-state index is -3.31. The summed E-state index contributed by atoms with van der Waals surface area (Å²) in [6, 6.07) is 0. The van der Waals surface area contributed by atoms with Gasteiger partial charge in [0.05, 0.1) is 10.8 Å². The average Bonchev–Trinajstić information content (AvgIpc) is 2.59. The number of rotatable bonds is 4. The van der Waals surface area contributed by atoms with Crippen LogP contribution in [0.1, 0.15) is 77.0 Å². The second-order valence-corrected chi connectivity index (χ2v) is 16.5. The molecule has 0 saturated heterocycles. The van der Waals surface area contributed by atoms with E-state index in [1.807, 2.05) is 0 Å². The van der Waals surface area contributed by atoms with Gasteiger partial charge in [0.25, 0.3) is 0 Å². The molecule has 0 radical (unpaired) electrons. The molecular formula is C22H30ClO5P. The lowest BCUT2D eigenvalue weighted by molar-refractivity contribution is -0.164. The lowest BCUT2D eigenvalue weighted by Crippen LogP contribution is -2.63. The van der Waals surface area contributed by atoms with Crippen LogP contribution in [-0.2, 0) is 14.2 Å². The highest BCUT2D eigenvalue weighted by atomic mass is 35.7. The molecule has 0 heterocycles. The van der Waals surface area contributed by atoms with Crippen LogP contribution in [-0.4, -0.2) is 32.5 Å². The molecule has 8 aliphatic rings. The van der Waals surface area contributed by atoms with Crippen LogP contribution in [0, 0.1) is 34.5 Å².